The van der Waals surface area contributed by atoms with Crippen molar-refractivity contribution in [1.82, 2.24) is 0 Å². The standard InChI is InChI=1S/C13H17F2NOS/c1-8-2-5-12(16)13(6-8)18(17)9-3-4-10(14)11(15)7-9/h3-4,7-8,12-13H,2,5-6,16H2,1H3. The minimum Gasteiger partial charge on any atom is -0.327 e. The van der Waals surface area contributed by atoms with Crippen LogP contribution in [0.5, 0.6) is 0 Å². The summed E-state index contributed by atoms with van der Waals surface area (Å²) in [5.41, 5.74) is 5.99. The molecule has 0 aromatic heterocycles. The van der Waals surface area contributed by atoms with Crippen molar-refractivity contribution in [3.8, 4) is 0 Å². The first-order valence-electron chi connectivity index (χ1n) is 6.10. The second-order valence-corrected chi connectivity index (χ2v) is 6.67. The van der Waals surface area contributed by atoms with E-state index in [1.54, 1.807) is 0 Å². The van der Waals surface area contributed by atoms with Gasteiger partial charge in [-0.05, 0) is 43.4 Å². The zero-order valence-corrected chi connectivity index (χ0v) is 11.1. The monoisotopic (exact) mass is 273 g/mol. The van der Waals surface area contributed by atoms with Gasteiger partial charge in [-0.3, -0.25) is 4.21 Å². The SMILES string of the molecule is CC1CCC(N)C(S(=O)c2ccc(F)c(F)c2)C1. The molecular weight excluding hydrogens is 256 g/mol. The van der Waals surface area contributed by atoms with Crippen LogP contribution < -0.4 is 5.73 Å². The van der Waals surface area contributed by atoms with Gasteiger partial charge in [-0.1, -0.05) is 6.92 Å². The van der Waals surface area contributed by atoms with E-state index in [0.717, 1.165) is 31.4 Å². The maximum absolute atomic E-state index is 13.1. The van der Waals surface area contributed by atoms with Crippen molar-refractivity contribution in [2.75, 3.05) is 0 Å². The number of halogens is 2. The molecule has 1 aliphatic rings. The highest BCUT2D eigenvalue weighted by Gasteiger charge is 2.31. The number of hydrogen-bond acceptors (Lipinski definition) is 2. The van der Waals surface area contributed by atoms with E-state index in [2.05, 4.69) is 6.92 Å². The Bertz CT molecular complexity index is 466. The lowest BCUT2D eigenvalue weighted by atomic mass is 9.87. The number of benzene rings is 1. The molecule has 2 N–H and O–H groups in total. The zero-order chi connectivity index (χ0) is 13.3. The summed E-state index contributed by atoms with van der Waals surface area (Å²) in [5.74, 6) is -1.40. The number of rotatable bonds is 2. The van der Waals surface area contributed by atoms with Crippen molar-refractivity contribution in [2.45, 2.75) is 42.4 Å². The van der Waals surface area contributed by atoms with Crippen molar-refractivity contribution >= 4 is 10.8 Å². The molecule has 1 saturated carbocycles. The van der Waals surface area contributed by atoms with Gasteiger partial charge in [-0.25, -0.2) is 8.78 Å². The van der Waals surface area contributed by atoms with Crippen LogP contribution >= 0.6 is 0 Å². The topological polar surface area (TPSA) is 43.1 Å². The summed E-state index contributed by atoms with van der Waals surface area (Å²) in [4.78, 5) is 0.323. The van der Waals surface area contributed by atoms with Gasteiger partial charge < -0.3 is 5.73 Å². The fraction of sp³-hybridized carbons (Fsp3) is 0.538. The minimum absolute atomic E-state index is 0.129. The third-order valence-electron chi connectivity index (χ3n) is 3.50. The van der Waals surface area contributed by atoms with Crippen molar-refractivity contribution in [2.24, 2.45) is 11.7 Å². The van der Waals surface area contributed by atoms with Gasteiger partial charge in [0.05, 0.1) is 16.0 Å². The van der Waals surface area contributed by atoms with Gasteiger partial charge in [-0.2, -0.15) is 0 Å². The summed E-state index contributed by atoms with van der Waals surface area (Å²) >= 11 is 0. The Balaban J connectivity index is 2.21. The van der Waals surface area contributed by atoms with Crippen LogP contribution in [0.2, 0.25) is 0 Å². The van der Waals surface area contributed by atoms with Crippen LogP contribution in [0.4, 0.5) is 8.78 Å². The van der Waals surface area contributed by atoms with Crippen molar-refractivity contribution in [3.63, 3.8) is 0 Å². The van der Waals surface area contributed by atoms with Gasteiger partial charge in [0.15, 0.2) is 11.6 Å². The fourth-order valence-corrected chi connectivity index (χ4v) is 4.10. The Hall–Kier alpha value is -0.810. The molecule has 1 aliphatic carbocycles. The summed E-state index contributed by atoms with van der Waals surface area (Å²) < 4.78 is 38.3. The van der Waals surface area contributed by atoms with E-state index in [4.69, 9.17) is 5.73 Å². The Labute approximate surface area is 108 Å². The Morgan fingerprint density at radius 1 is 1.28 bits per heavy atom. The molecule has 5 heteroatoms. The Kier molecular flexibility index (Phi) is 4.12. The number of hydrogen-bond donors (Lipinski definition) is 1. The van der Waals surface area contributed by atoms with Crippen LogP contribution in [0, 0.1) is 17.6 Å². The third kappa shape index (κ3) is 2.78. The molecule has 0 amide bonds. The van der Waals surface area contributed by atoms with Gasteiger partial charge in [0.25, 0.3) is 0 Å². The molecule has 2 nitrogen and oxygen atoms in total. The van der Waals surface area contributed by atoms with Gasteiger partial charge in [0.1, 0.15) is 0 Å². The first-order chi connectivity index (χ1) is 8.49. The molecule has 0 saturated heterocycles. The summed E-state index contributed by atoms with van der Waals surface area (Å²) in [5, 5.41) is -0.168. The molecular formula is C13H17F2NOS. The van der Waals surface area contributed by atoms with Gasteiger partial charge >= 0.3 is 0 Å². The molecule has 0 spiro atoms. The molecule has 100 valence electrons. The van der Waals surface area contributed by atoms with Crippen molar-refractivity contribution in [3.05, 3.63) is 29.8 Å². The average molecular weight is 273 g/mol. The Morgan fingerprint density at radius 3 is 2.67 bits per heavy atom. The lowest BCUT2D eigenvalue weighted by molar-refractivity contribution is 0.353. The Morgan fingerprint density at radius 2 is 2.00 bits per heavy atom. The highest BCUT2D eigenvalue weighted by atomic mass is 32.2. The predicted octanol–water partition coefficient (Wildman–Crippen LogP) is 2.59. The average Bonchev–Trinajstić information content (AvgIpc) is 2.35. The van der Waals surface area contributed by atoms with Crippen molar-refractivity contribution < 1.29 is 13.0 Å². The molecule has 0 radical (unpaired) electrons. The highest BCUT2D eigenvalue weighted by Crippen LogP contribution is 2.29. The second kappa shape index (κ2) is 5.45. The smallest absolute Gasteiger partial charge is 0.160 e. The van der Waals surface area contributed by atoms with E-state index < -0.39 is 22.4 Å². The van der Waals surface area contributed by atoms with E-state index in [-0.39, 0.29) is 11.3 Å². The first-order valence-corrected chi connectivity index (χ1v) is 7.31. The summed E-state index contributed by atoms with van der Waals surface area (Å²) in [6, 6.07) is 3.27. The van der Waals surface area contributed by atoms with Crippen LogP contribution in [0.3, 0.4) is 0 Å². The summed E-state index contributed by atoms with van der Waals surface area (Å²) in [6.07, 6.45) is 2.64. The second-order valence-electron chi connectivity index (χ2n) is 4.99. The van der Waals surface area contributed by atoms with E-state index in [1.807, 2.05) is 0 Å². The maximum atomic E-state index is 13.1. The molecule has 0 heterocycles. The zero-order valence-electron chi connectivity index (χ0n) is 10.2. The molecule has 1 aromatic carbocycles. The van der Waals surface area contributed by atoms with Crippen LogP contribution in [0.1, 0.15) is 26.2 Å². The van der Waals surface area contributed by atoms with Crippen LogP contribution in [0.25, 0.3) is 0 Å². The fourth-order valence-electron chi connectivity index (χ4n) is 2.38. The van der Waals surface area contributed by atoms with Crippen LogP contribution in [0.15, 0.2) is 23.1 Å². The van der Waals surface area contributed by atoms with E-state index in [1.165, 1.54) is 6.07 Å². The molecule has 1 aromatic rings. The molecule has 1 fully saturated rings. The molecule has 0 bridgehead atoms. The normalized spacial score (nSPS) is 30.1. The minimum atomic E-state index is -1.37. The number of nitrogens with two attached hydrogens (primary N) is 1. The molecule has 18 heavy (non-hydrogen) atoms. The van der Waals surface area contributed by atoms with E-state index in [0.29, 0.717) is 10.8 Å². The maximum Gasteiger partial charge on any atom is 0.160 e. The molecule has 4 unspecified atom stereocenters. The molecule has 4 atom stereocenters. The van der Waals surface area contributed by atoms with Crippen molar-refractivity contribution in [1.29, 1.82) is 0 Å². The summed E-state index contributed by atoms with van der Waals surface area (Å²) in [7, 11) is -1.37. The summed E-state index contributed by atoms with van der Waals surface area (Å²) in [6.45, 7) is 2.10. The first kappa shape index (κ1) is 13.6. The predicted molar refractivity (Wildman–Crippen MR) is 67.5 cm³/mol. The van der Waals surface area contributed by atoms with Gasteiger partial charge in [0, 0.05) is 10.9 Å². The third-order valence-corrected chi connectivity index (χ3v) is 5.31. The quantitative estimate of drug-likeness (QED) is 0.900. The van der Waals surface area contributed by atoms with Gasteiger partial charge in [-0.15, -0.1) is 0 Å². The van der Waals surface area contributed by atoms with E-state index >= 15 is 0 Å². The van der Waals surface area contributed by atoms with E-state index in [9.17, 15) is 13.0 Å². The largest absolute Gasteiger partial charge is 0.327 e. The lowest BCUT2D eigenvalue weighted by Gasteiger charge is -2.31. The van der Waals surface area contributed by atoms with Crippen LogP contribution in [-0.4, -0.2) is 15.5 Å². The van der Waals surface area contributed by atoms with Gasteiger partial charge in [0.2, 0.25) is 0 Å². The molecule has 2 rings (SSSR count). The van der Waals surface area contributed by atoms with Crippen LogP contribution in [-0.2, 0) is 10.8 Å². The highest BCUT2D eigenvalue weighted by molar-refractivity contribution is 7.85. The lowest BCUT2D eigenvalue weighted by Crippen LogP contribution is -2.42. The molecule has 0 aliphatic heterocycles.